The van der Waals surface area contributed by atoms with Crippen molar-refractivity contribution in [3.8, 4) is 11.1 Å². The predicted molar refractivity (Wildman–Crippen MR) is 131 cm³/mol. The summed E-state index contributed by atoms with van der Waals surface area (Å²) in [6, 6.07) is 6.51. The van der Waals surface area contributed by atoms with Crippen LogP contribution in [0.15, 0.2) is 34.4 Å². The number of carbonyl (C=O) groups is 1. The molecule has 2 fully saturated rings. The Hall–Kier alpha value is -2.82. The highest BCUT2D eigenvalue weighted by atomic mass is 32.1. The van der Waals surface area contributed by atoms with E-state index in [1.54, 1.807) is 23.6 Å². The molecule has 0 unspecified atom stereocenters. The van der Waals surface area contributed by atoms with Gasteiger partial charge < -0.3 is 15.0 Å². The third-order valence-electron chi connectivity index (χ3n) is 6.57. The first-order chi connectivity index (χ1) is 16.6. The molecule has 4 heterocycles. The number of halogens is 1. The highest BCUT2D eigenvalue weighted by molar-refractivity contribution is 7.17. The number of hydrogen-bond donors (Lipinski definition) is 2. The zero-order valence-electron chi connectivity index (χ0n) is 18.9. The lowest BCUT2D eigenvalue weighted by atomic mass is 9.96. The number of hydrogen-bond acceptors (Lipinski definition) is 7. The first kappa shape index (κ1) is 22.9. The van der Waals surface area contributed by atoms with E-state index in [1.165, 1.54) is 17.4 Å². The molecule has 0 saturated carbocycles. The van der Waals surface area contributed by atoms with Crippen molar-refractivity contribution in [2.24, 2.45) is 5.92 Å². The Kier molecular flexibility index (Phi) is 6.89. The maximum absolute atomic E-state index is 14.4. The maximum atomic E-state index is 14.4. The van der Waals surface area contributed by atoms with E-state index in [2.05, 4.69) is 15.2 Å². The molecule has 3 aromatic rings. The normalized spacial score (nSPS) is 17.9. The largest absolute Gasteiger partial charge is 0.379 e. The molecule has 0 radical (unpaired) electrons. The molecule has 0 bridgehead atoms. The van der Waals surface area contributed by atoms with E-state index in [0.29, 0.717) is 59.8 Å². The Morgan fingerprint density at radius 2 is 1.94 bits per heavy atom. The number of thiophene rings is 1. The third kappa shape index (κ3) is 4.84. The second-order valence-electron chi connectivity index (χ2n) is 8.70. The summed E-state index contributed by atoms with van der Waals surface area (Å²) in [4.78, 5) is 37.2. The van der Waals surface area contributed by atoms with Gasteiger partial charge in [0.15, 0.2) is 0 Å². The lowest BCUT2D eigenvalue weighted by Crippen LogP contribution is -2.44. The summed E-state index contributed by atoms with van der Waals surface area (Å²) in [6.45, 7) is 6.04. The van der Waals surface area contributed by atoms with Crippen molar-refractivity contribution in [3.05, 3.63) is 45.8 Å². The smallest absolute Gasteiger partial charge is 0.270 e. The molecule has 1 amide bonds. The summed E-state index contributed by atoms with van der Waals surface area (Å²) in [5.74, 6) is 0.168. The number of ether oxygens (including phenoxy) is 1. The number of nitrogens with zero attached hydrogens (tertiary/aromatic N) is 3. The molecule has 5 rings (SSSR count). The van der Waals surface area contributed by atoms with Crippen LogP contribution < -0.4 is 15.8 Å². The first-order valence-corrected chi connectivity index (χ1v) is 12.6. The molecule has 10 heteroatoms. The number of anilines is 1. The van der Waals surface area contributed by atoms with Gasteiger partial charge in [-0.2, -0.15) is 0 Å². The van der Waals surface area contributed by atoms with Gasteiger partial charge >= 0.3 is 0 Å². The van der Waals surface area contributed by atoms with E-state index in [-0.39, 0.29) is 23.2 Å². The molecule has 8 nitrogen and oxygen atoms in total. The minimum Gasteiger partial charge on any atom is -0.379 e. The summed E-state index contributed by atoms with van der Waals surface area (Å²) >= 11 is 1.27. The molecule has 1 aromatic carbocycles. The number of rotatable bonds is 6. The second-order valence-corrected chi connectivity index (χ2v) is 9.58. The number of H-pyrrole nitrogens is 1. The number of fused-ring (bicyclic) bond motifs is 1. The van der Waals surface area contributed by atoms with Crippen LogP contribution >= 0.6 is 11.3 Å². The van der Waals surface area contributed by atoms with Gasteiger partial charge in [0, 0.05) is 61.7 Å². The van der Waals surface area contributed by atoms with Crippen LogP contribution in [0.3, 0.4) is 0 Å². The zero-order valence-corrected chi connectivity index (χ0v) is 19.7. The van der Waals surface area contributed by atoms with Crippen LogP contribution in [0.4, 0.5) is 10.3 Å². The third-order valence-corrected chi connectivity index (χ3v) is 7.54. The van der Waals surface area contributed by atoms with E-state index in [0.717, 1.165) is 32.8 Å². The standard InChI is InChI=1S/C24H28FN5O3S/c25-19-4-2-1-3-17(19)18-15-34-21-20(18)27-24(28-23(21)32)30-8-5-16(6-9-30)22(31)26-7-10-29-11-13-33-14-12-29/h1-4,15-16H,5-14H2,(H,26,31)(H,27,28,32). The molecule has 0 spiro atoms. The molecule has 2 saturated heterocycles. The lowest BCUT2D eigenvalue weighted by Gasteiger charge is -2.32. The van der Waals surface area contributed by atoms with Crippen molar-refractivity contribution in [2.75, 3.05) is 57.4 Å². The molecule has 0 aliphatic carbocycles. The summed E-state index contributed by atoms with van der Waals surface area (Å²) in [5.41, 5.74) is 1.35. The topological polar surface area (TPSA) is 90.6 Å². The summed E-state index contributed by atoms with van der Waals surface area (Å²) in [5, 5.41) is 4.85. The lowest BCUT2D eigenvalue weighted by molar-refractivity contribution is -0.125. The minimum atomic E-state index is -0.341. The fourth-order valence-electron chi connectivity index (χ4n) is 4.60. The van der Waals surface area contributed by atoms with Gasteiger partial charge in [0.05, 0.1) is 18.7 Å². The van der Waals surface area contributed by atoms with Crippen molar-refractivity contribution in [2.45, 2.75) is 12.8 Å². The Bertz CT molecular complexity index is 1210. The molecule has 2 aromatic heterocycles. The van der Waals surface area contributed by atoms with E-state index in [9.17, 15) is 14.0 Å². The number of aromatic amines is 1. The first-order valence-electron chi connectivity index (χ1n) is 11.7. The zero-order chi connectivity index (χ0) is 23.5. The van der Waals surface area contributed by atoms with Gasteiger partial charge in [-0.1, -0.05) is 18.2 Å². The Labute approximate surface area is 200 Å². The second kappa shape index (κ2) is 10.2. The number of piperidine rings is 1. The minimum absolute atomic E-state index is 0.0495. The van der Waals surface area contributed by atoms with Crippen molar-refractivity contribution in [3.63, 3.8) is 0 Å². The van der Waals surface area contributed by atoms with Crippen molar-refractivity contribution in [1.82, 2.24) is 20.2 Å². The van der Waals surface area contributed by atoms with Crippen molar-refractivity contribution >= 4 is 33.4 Å². The molecular formula is C24H28FN5O3S. The number of carbonyl (C=O) groups excluding carboxylic acids is 1. The Morgan fingerprint density at radius 1 is 1.18 bits per heavy atom. The molecule has 180 valence electrons. The summed E-state index contributed by atoms with van der Waals surface area (Å²) in [6.07, 6.45) is 1.38. The number of benzene rings is 1. The fraction of sp³-hybridized carbons (Fsp3) is 0.458. The van der Waals surface area contributed by atoms with Gasteiger partial charge in [-0.15, -0.1) is 11.3 Å². The number of nitrogens with one attached hydrogen (secondary N) is 2. The van der Waals surface area contributed by atoms with Gasteiger partial charge in [-0.05, 0) is 18.9 Å². The Morgan fingerprint density at radius 3 is 2.71 bits per heavy atom. The number of morpholine rings is 1. The average molecular weight is 486 g/mol. The molecular weight excluding hydrogens is 457 g/mol. The van der Waals surface area contributed by atoms with E-state index >= 15 is 0 Å². The SMILES string of the molecule is O=C(NCCN1CCOCC1)C1CCN(c2nc3c(-c4ccccc4F)csc3c(=O)[nH]2)CC1. The molecule has 2 aliphatic heterocycles. The van der Waals surface area contributed by atoms with Gasteiger partial charge in [0.1, 0.15) is 10.5 Å². The molecule has 34 heavy (non-hydrogen) atoms. The Balaban J connectivity index is 1.23. The van der Waals surface area contributed by atoms with Gasteiger partial charge in [-0.3, -0.25) is 19.5 Å². The van der Waals surface area contributed by atoms with Crippen LogP contribution in [0.25, 0.3) is 21.3 Å². The van der Waals surface area contributed by atoms with E-state index < -0.39 is 0 Å². The quantitative estimate of drug-likeness (QED) is 0.558. The molecule has 0 atom stereocenters. The van der Waals surface area contributed by atoms with Gasteiger partial charge in [-0.25, -0.2) is 9.37 Å². The highest BCUT2D eigenvalue weighted by Gasteiger charge is 2.27. The predicted octanol–water partition coefficient (Wildman–Crippen LogP) is 2.46. The van der Waals surface area contributed by atoms with Crippen LogP contribution in [-0.2, 0) is 9.53 Å². The summed E-state index contributed by atoms with van der Waals surface area (Å²) < 4.78 is 20.2. The van der Waals surface area contributed by atoms with Crippen LogP contribution in [0.5, 0.6) is 0 Å². The van der Waals surface area contributed by atoms with Crippen LogP contribution in [-0.4, -0.2) is 73.3 Å². The summed E-state index contributed by atoms with van der Waals surface area (Å²) in [7, 11) is 0. The number of amides is 1. The maximum Gasteiger partial charge on any atom is 0.270 e. The monoisotopic (exact) mass is 485 g/mol. The van der Waals surface area contributed by atoms with Crippen molar-refractivity contribution < 1.29 is 13.9 Å². The van der Waals surface area contributed by atoms with Gasteiger partial charge in [0.25, 0.3) is 5.56 Å². The molecule has 2 N–H and O–H groups in total. The number of aromatic nitrogens is 2. The van der Waals surface area contributed by atoms with Gasteiger partial charge in [0.2, 0.25) is 11.9 Å². The van der Waals surface area contributed by atoms with E-state index in [4.69, 9.17) is 9.72 Å². The fourth-order valence-corrected chi connectivity index (χ4v) is 5.50. The highest BCUT2D eigenvalue weighted by Crippen LogP contribution is 2.33. The van der Waals surface area contributed by atoms with Crippen LogP contribution in [0.1, 0.15) is 12.8 Å². The van der Waals surface area contributed by atoms with E-state index in [1.807, 2.05) is 4.90 Å². The molecule has 2 aliphatic rings. The van der Waals surface area contributed by atoms with Crippen LogP contribution in [0.2, 0.25) is 0 Å². The van der Waals surface area contributed by atoms with Crippen molar-refractivity contribution in [1.29, 1.82) is 0 Å². The average Bonchev–Trinajstić information content (AvgIpc) is 3.29. The van der Waals surface area contributed by atoms with Crippen LogP contribution in [0, 0.1) is 11.7 Å².